The molecule has 1 aromatic rings. The van der Waals surface area contributed by atoms with Crippen LogP contribution in [0.4, 0.5) is 5.69 Å². The number of amides is 1. The van der Waals surface area contributed by atoms with Gasteiger partial charge in [-0.05, 0) is 55.4 Å². The van der Waals surface area contributed by atoms with E-state index < -0.39 is 5.41 Å². The summed E-state index contributed by atoms with van der Waals surface area (Å²) in [5.41, 5.74) is 12.0. The predicted octanol–water partition coefficient (Wildman–Crippen LogP) is 3.91. The van der Waals surface area contributed by atoms with Gasteiger partial charge in [-0.2, -0.15) is 0 Å². The van der Waals surface area contributed by atoms with Gasteiger partial charge in [0.25, 0.3) is 0 Å². The molecule has 0 fully saturated rings. The first-order valence-corrected chi connectivity index (χ1v) is 8.94. The molecular formula is C20H32N2O. The molecule has 1 aliphatic heterocycles. The number of hydrogen-bond acceptors (Lipinski definition) is 2. The quantitative estimate of drug-likeness (QED) is 0.775. The van der Waals surface area contributed by atoms with E-state index in [1.807, 2.05) is 13.8 Å². The first kappa shape index (κ1) is 17.8. The van der Waals surface area contributed by atoms with E-state index in [4.69, 9.17) is 5.73 Å². The lowest BCUT2D eigenvalue weighted by Crippen LogP contribution is -2.34. The van der Waals surface area contributed by atoms with Gasteiger partial charge >= 0.3 is 0 Å². The summed E-state index contributed by atoms with van der Waals surface area (Å²) in [4.78, 5) is 14.3. The summed E-state index contributed by atoms with van der Waals surface area (Å²) < 4.78 is 0. The monoisotopic (exact) mass is 316 g/mol. The Labute approximate surface area is 141 Å². The van der Waals surface area contributed by atoms with Crippen LogP contribution < -0.4 is 10.6 Å². The summed E-state index contributed by atoms with van der Waals surface area (Å²) >= 11 is 0. The minimum atomic E-state index is -0.508. The molecule has 0 aromatic heterocycles. The van der Waals surface area contributed by atoms with Crippen molar-refractivity contribution in [1.82, 2.24) is 0 Å². The van der Waals surface area contributed by atoms with Gasteiger partial charge in [-0.1, -0.05) is 39.7 Å². The fourth-order valence-corrected chi connectivity index (χ4v) is 3.64. The minimum Gasteiger partial charge on any atom is -0.371 e. The largest absolute Gasteiger partial charge is 0.371 e. The van der Waals surface area contributed by atoms with Crippen LogP contribution in [0.5, 0.6) is 0 Å². The van der Waals surface area contributed by atoms with Crippen LogP contribution in [0.25, 0.3) is 0 Å². The van der Waals surface area contributed by atoms with Crippen molar-refractivity contribution in [1.29, 1.82) is 0 Å². The summed E-state index contributed by atoms with van der Waals surface area (Å²) in [6, 6.07) is 2.28. The molecule has 0 saturated heterocycles. The molecule has 1 amide bonds. The van der Waals surface area contributed by atoms with Gasteiger partial charge in [0.15, 0.2) is 0 Å². The zero-order valence-electron chi connectivity index (χ0n) is 15.5. The summed E-state index contributed by atoms with van der Waals surface area (Å²) in [6.07, 6.45) is 5.61. The van der Waals surface area contributed by atoms with E-state index in [2.05, 4.69) is 31.7 Å². The smallest absolute Gasteiger partial charge is 0.223 e. The Bertz CT molecular complexity index is 590. The number of hydrogen-bond donors (Lipinski definition) is 1. The van der Waals surface area contributed by atoms with Crippen LogP contribution in [0.15, 0.2) is 6.07 Å². The molecule has 1 aliphatic rings. The van der Waals surface area contributed by atoms with Gasteiger partial charge in [-0.3, -0.25) is 4.79 Å². The van der Waals surface area contributed by atoms with Crippen molar-refractivity contribution in [3.05, 3.63) is 28.3 Å². The first-order chi connectivity index (χ1) is 10.8. The zero-order valence-corrected chi connectivity index (χ0v) is 15.5. The van der Waals surface area contributed by atoms with Crippen LogP contribution in [0.2, 0.25) is 0 Å². The molecule has 0 aliphatic carbocycles. The third kappa shape index (κ3) is 3.70. The number of nitrogens with zero attached hydrogens (tertiary/aromatic N) is 1. The molecule has 0 spiro atoms. The van der Waals surface area contributed by atoms with Crippen LogP contribution in [-0.4, -0.2) is 19.0 Å². The Hall–Kier alpha value is -1.51. The molecule has 3 heteroatoms. The van der Waals surface area contributed by atoms with Crippen molar-refractivity contribution < 1.29 is 4.79 Å². The average molecular weight is 316 g/mol. The second kappa shape index (κ2) is 6.94. The lowest BCUT2D eigenvalue weighted by Gasteiger charge is -2.28. The van der Waals surface area contributed by atoms with Crippen molar-refractivity contribution >= 4 is 11.6 Å². The lowest BCUT2D eigenvalue weighted by atomic mass is 9.81. The van der Waals surface area contributed by atoms with E-state index in [9.17, 15) is 4.79 Å². The summed E-state index contributed by atoms with van der Waals surface area (Å²) in [6.45, 7) is 12.8. The van der Waals surface area contributed by atoms with Gasteiger partial charge < -0.3 is 10.6 Å². The maximum absolute atomic E-state index is 11.8. The Balaban J connectivity index is 2.39. The van der Waals surface area contributed by atoms with Gasteiger partial charge in [-0.15, -0.1) is 0 Å². The van der Waals surface area contributed by atoms with Crippen LogP contribution in [0.3, 0.4) is 0 Å². The van der Waals surface area contributed by atoms with Crippen LogP contribution in [0.1, 0.15) is 62.3 Å². The van der Waals surface area contributed by atoms with E-state index in [0.717, 1.165) is 25.9 Å². The normalized spacial score (nSPS) is 14.2. The van der Waals surface area contributed by atoms with Crippen LogP contribution in [-0.2, 0) is 17.6 Å². The predicted molar refractivity (Wildman–Crippen MR) is 98.0 cm³/mol. The van der Waals surface area contributed by atoms with E-state index in [1.165, 1.54) is 47.2 Å². The third-order valence-electron chi connectivity index (χ3n) is 5.22. The molecule has 0 atom stereocenters. The summed E-state index contributed by atoms with van der Waals surface area (Å²) in [7, 11) is 0. The number of unbranched alkanes of at least 4 members (excludes halogenated alkanes) is 2. The summed E-state index contributed by atoms with van der Waals surface area (Å²) in [5.74, 6) is -0.221. The van der Waals surface area contributed by atoms with Crippen molar-refractivity contribution in [2.75, 3.05) is 18.0 Å². The number of nitrogens with two attached hydrogens (primary N) is 1. The molecule has 0 bridgehead atoms. The number of aryl methyl sites for hydroxylation is 2. The van der Waals surface area contributed by atoms with Crippen LogP contribution >= 0.6 is 0 Å². The Kier molecular flexibility index (Phi) is 5.38. The Morgan fingerprint density at radius 3 is 2.57 bits per heavy atom. The number of carbonyl (C=O) groups excluding carboxylic acids is 1. The standard InChI is InChI=1S/C20H32N2O/c1-6-7-8-10-22-11-9-16-14(2)12-15(3)17(18(16)22)13-20(4,5)19(21)23/h12H,6-11,13H2,1-5H3,(H2,21,23). The highest BCUT2D eigenvalue weighted by Crippen LogP contribution is 2.39. The molecule has 128 valence electrons. The zero-order chi connectivity index (χ0) is 17.2. The molecule has 3 nitrogen and oxygen atoms in total. The topological polar surface area (TPSA) is 46.3 Å². The fraction of sp³-hybridized carbons (Fsp3) is 0.650. The highest BCUT2D eigenvalue weighted by Gasteiger charge is 2.31. The molecule has 0 saturated carbocycles. The number of fused-ring (bicyclic) bond motifs is 1. The van der Waals surface area contributed by atoms with Crippen molar-refractivity contribution in [3.8, 4) is 0 Å². The number of carbonyl (C=O) groups is 1. The minimum absolute atomic E-state index is 0.221. The first-order valence-electron chi connectivity index (χ1n) is 8.94. The van der Waals surface area contributed by atoms with Crippen molar-refractivity contribution in [3.63, 3.8) is 0 Å². The van der Waals surface area contributed by atoms with Gasteiger partial charge in [0.1, 0.15) is 0 Å². The number of benzene rings is 1. The number of primary amides is 1. The Morgan fingerprint density at radius 1 is 1.26 bits per heavy atom. The molecule has 0 unspecified atom stereocenters. The molecule has 23 heavy (non-hydrogen) atoms. The molecule has 1 aromatic carbocycles. The maximum Gasteiger partial charge on any atom is 0.223 e. The van der Waals surface area contributed by atoms with Gasteiger partial charge in [0.2, 0.25) is 5.91 Å². The van der Waals surface area contributed by atoms with Crippen molar-refractivity contribution in [2.45, 2.75) is 66.7 Å². The molecule has 0 radical (unpaired) electrons. The van der Waals surface area contributed by atoms with Crippen molar-refractivity contribution in [2.24, 2.45) is 11.1 Å². The average Bonchev–Trinajstić information content (AvgIpc) is 2.88. The van der Waals surface area contributed by atoms with E-state index >= 15 is 0 Å². The fourth-order valence-electron chi connectivity index (χ4n) is 3.64. The molecule has 1 heterocycles. The highest BCUT2D eigenvalue weighted by atomic mass is 16.1. The Morgan fingerprint density at radius 2 is 1.96 bits per heavy atom. The van der Waals surface area contributed by atoms with Gasteiger partial charge in [-0.25, -0.2) is 0 Å². The van der Waals surface area contributed by atoms with E-state index in [1.54, 1.807) is 0 Å². The molecular weight excluding hydrogens is 284 g/mol. The molecule has 2 rings (SSSR count). The van der Waals surface area contributed by atoms with E-state index in [-0.39, 0.29) is 5.91 Å². The number of anilines is 1. The summed E-state index contributed by atoms with van der Waals surface area (Å²) in [5, 5.41) is 0. The third-order valence-corrected chi connectivity index (χ3v) is 5.22. The second-order valence-corrected chi connectivity index (χ2v) is 7.69. The van der Waals surface area contributed by atoms with Gasteiger partial charge in [0, 0.05) is 24.2 Å². The van der Waals surface area contributed by atoms with Crippen LogP contribution in [0, 0.1) is 19.3 Å². The maximum atomic E-state index is 11.8. The highest BCUT2D eigenvalue weighted by molar-refractivity contribution is 5.81. The SMILES string of the molecule is CCCCCN1CCc2c(C)cc(C)c(CC(C)(C)C(N)=O)c21. The van der Waals surface area contributed by atoms with Gasteiger partial charge in [0.05, 0.1) is 0 Å². The van der Waals surface area contributed by atoms with E-state index in [0.29, 0.717) is 0 Å². The number of rotatable bonds is 7. The lowest BCUT2D eigenvalue weighted by molar-refractivity contribution is -0.125. The molecule has 2 N–H and O–H groups in total. The second-order valence-electron chi connectivity index (χ2n) is 7.69.